The number of thiophene rings is 1. The van der Waals surface area contributed by atoms with Gasteiger partial charge in [0, 0.05) is 26.7 Å². The number of hydrogen-bond acceptors (Lipinski definition) is 6. The molecule has 0 amide bonds. The molecule has 8 heteroatoms. The number of guanidine groups is 1. The first-order valence-corrected chi connectivity index (χ1v) is 7.98. The first-order chi connectivity index (χ1) is 8.59. The topological polar surface area (TPSA) is 73.8 Å². The Balaban J connectivity index is 1.76. The smallest absolute Gasteiger partial charge is 0.250 e. The first kappa shape index (κ1) is 13.3. The number of nitrogens with zero attached hydrogens (tertiary/aromatic N) is 2. The molecule has 6 nitrogen and oxygen atoms in total. The maximum Gasteiger partial charge on any atom is 0.250 e. The molecule has 0 fully saturated rings. The van der Waals surface area contributed by atoms with E-state index < -0.39 is 10.0 Å². The summed E-state index contributed by atoms with van der Waals surface area (Å²) in [6.45, 7) is 2.56. The predicted molar refractivity (Wildman–Crippen MR) is 72.4 cm³/mol. The van der Waals surface area contributed by atoms with Crippen molar-refractivity contribution in [1.29, 1.82) is 0 Å². The van der Waals surface area contributed by atoms with Crippen LogP contribution >= 0.6 is 11.3 Å². The summed E-state index contributed by atoms with van der Waals surface area (Å²) in [6, 6.07) is 3.31. The average molecular weight is 288 g/mol. The minimum Gasteiger partial charge on any atom is -0.355 e. The maximum atomic E-state index is 11.8. The van der Waals surface area contributed by atoms with Crippen LogP contribution in [0.5, 0.6) is 0 Å². The molecule has 1 aliphatic rings. The van der Waals surface area contributed by atoms with Gasteiger partial charge in [-0.2, -0.15) is 0 Å². The van der Waals surface area contributed by atoms with Gasteiger partial charge in [0.05, 0.1) is 6.54 Å². The molecule has 1 aromatic heterocycles. The third-order valence-electron chi connectivity index (χ3n) is 2.52. The van der Waals surface area contributed by atoms with Crippen LogP contribution in [0.3, 0.4) is 0 Å². The highest BCUT2D eigenvalue weighted by atomic mass is 32.2. The van der Waals surface area contributed by atoms with E-state index in [4.69, 9.17) is 0 Å². The van der Waals surface area contributed by atoms with E-state index in [1.54, 1.807) is 17.5 Å². The molecule has 2 rings (SSSR count). The van der Waals surface area contributed by atoms with Gasteiger partial charge in [0.25, 0.3) is 0 Å². The molecule has 0 atom stereocenters. The Morgan fingerprint density at radius 1 is 1.50 bits per heavy atom. The lowest BCUT2D eigenvalue weighted by Gasteiger charge is -2.15. The van der Waals surface area contributed by atoms with Crippen LogP contribution in [0.15, 0.2) is 26.7 Å². The van der Waals surface area contributed by atoms with E-state index in [0.29, 0.717) is 17.3 Å². The Labute approximate surface area is 111 Å². The lowest BCUT2D eigenvalue weighted by atomic mass is 10.6. The summed E-state index contributed by atoms with van der Waals surface area (Å²) >= 11 is 1.21. The van der Waals surface area contributed by atoms with Crippen molar-refractivity contribution in [3.63, 3.8) is 0 Å². The second-order valence-corrected chi connectivity index (χ2v) is 6.83. The fraction of sp³-hybridized carbons (Fsp3) is 0.500. The standard InChI is InChI=1S/C10H16N4O2S2/c1-14-7-6-12-10(14)11-4-5-13-18(15,16)9-3-2-8-17-9/h2-3,8,13H,4-7H2,1H3,(H,11,12). The molecule has 0 radical (unpaired) electrons. The molecule has 0 saturated carbocycles. The van der Waals surface area contributed by atoms with Gasteiger partial charge < -0.3 is 10.2 Å². The van der Waals surface area contributed by atoms with Gasteiger partial charge in [-0.25, -0.2) is 13.1 Å². The van der Waals surface area contributed by atoms with Crippen LogP contribution in [-0.2, 0) is 10.0 Å². The van der Waals surface area contributed by atoms with Crippen LogP contribution in [-0.4, -0.2) is 52.5 Å². The van der Waals surface area contributed by atoms with Crippen LogP contribution in [0.1, 0.15) is 0 Å². The van der Waals surface area contributed by atoms with Gasteiger partial charge in [0.2, 0.25) is 10.0 Å². The fourth-order valence-electron chi connectivity index (χ4n) is 1.57. The van der Waals surface area contributed by atoms with E-state index in [-0.39, 0.29) is 0 Å². The van der Waals surface area contributed by atoms with Gasteiger partial charge >= 0.3 is 0 Å². The lowest BCUT2D eigenvalue weighted by Crippen LogP contribution is -2.40. The summed E-state index contributed by atoms with van der Waals surface area (Å²) in [7, 11) is -1.40. The second-order valence-electron chi connectivity index (χ2n) is 3.88. The van der Waals surface area contributed by atoms with E-state index in [2.05, 4.69) is 15.0 Å². The number of hydrogen-bond donors (Lipinski definition) is 2. The van der Waals surface area contributed by atoms with Gasteiger partial charge in [0.1, 0.15) is 4.21 Å². The van der Waals surface area contributed by atoms with Crippen molar-refractivity contribution >= 4 is 27.3 Å². The zero-order valence-corrected chi connectivity index (χ0v) is 11.7. The average Bonchev–Trinajstić information content (AvgIpc) is 2.96. The maximum absolute atomic E-state index is 11.8. The Morgan fingerprint density at radius 3 is 2.94 bits per heavy atom. The third-order valence-corrected chi connectivity index (χ3v) is 5.38. The van der Waals surface area contributed by atoms with Crippen molar-refractivity contribution < 1.29 is 8.42 Å². The monoisotopic (exact) mass is 288 g/mol. The molecule has 0 spiro atoms. The molecule has 2 N–H and O–H groups in total. The summed E-state index contributed by atoms with van der Waals surface area (Å²) in [5, 5.41) is 4.85. The van der Waals surface area contributed by atoms with Crippen molar-refractivity contribution in [3.05, 3.63) is 17.5 Å². The van der Waals surface area contributed by atoms with Crippen LogP contribution in [0.25, 0.3) is 0 Å². The van der Waals surface area contributed by atoms with Crippen LogP contribution in [0.2, 0.25) is 0 Å². The molecule has 100 valence electrons. The van der Waals surface area contributed by atoms with Gasteiger partial charge in [0.15, 0.2) is 5.96 Å². The number of rotatable bonds is 5. The van der Waals surface area contributed by atoms with Crippen molar-refractivity contribution in [2.75, 3.05) is 33.2 Å². The molecule has 2 heterocycles. The van der Waals surface area contributed by atoms with Gasteiger partial charge in [-0.05, 0) is 11.4 Å². The molecular formula is C10H16N4O2S2. The number of sulfonamides is 1. The Kier molecular flexibility index (Phi) is 4.20. The van der Waals surface area contributed by atoms with Gasteiger partial charge in [-0.1, -0.05) is 6.07 Å². The highest BCUT2D eigenvalue weighted by molar-refractivity contribution is 7.91. The predicted octanol–water partition coefficient (Wildman–Crippen LogP) is -0.0826. The lowest BCUT2D eigenvalue weighted by molar-refractivity contribution is 0.533. The number of nitrogens with one attached hydrogen (secondary N) is 2. The van der Waals surface area contributed by atoms with Crippen LogP contribution in [0.4, 0.5) is 0 Å². The number of aliphatic imine (C=N–C) groups is 1. The molecule has 0 unspecified atom stereocenters. The van der Waals surface area contributed by atoms with E-state index in [1.165, 1.54) is 11.3 Å². The molecule has 0 saturated heterocycles. The molecule has 0 bridgehead atoms. The highest BCUT2D eigenvalue weighted by Gasteiger charge is 2.15. The van der Waals surface area contributed by atoms with E-state index >= 15 is 0 Å². The van der Waals surface area contributed by atoms with Gasteiger partial charge in [-0.15, -0.1) is 11.3 Å². The zero-order chi connectivity index (χ0) is 13.0. The van der Waals surface area contributed by atoms with Crippen molar-refractivity contribution in [2.24, 2.45) is 4.99 Å². The minimum absolute atomic E-state index is 0.340. The Hall–Kier alpha value is -1.12. The molecule has 18 heavy (non-hydrogen) atoms. The molecule has 1 aliphatic heterocycles. The Bertz CT molecular complexity index is 510. The normalized spacial score (nSPS) is 15.8. The Morgan fingerprint density at radius 2 is 2.33 bits per heavy atom. The van der Waals surface area contributed by atoms with Crippen LogP contribution in [0, 0.1) is 0 Å². The quantitative estimate of drug-likeness (QED) is 0.743. The molecule has 0 aliphatic carbocycles. The molecule has 0 aromatic carbocycles. The molecular weight excluding hydrogens is 272 g/mol. The molecule has 1 aromatic rings. The van der Waals surface area contributed by atoms with E-state index in [9.17, 15) is 8.42 Å². The highest BCUT2D eigenvalue weighted by Crippen LogP contribution is 2.14. The van der Waals surface area contributed by atoms with Crippen molar-refractivity contribution in [3.8, 4) is 0 Å². The zero-order valence-electron chi connectivity index (χ0n) is 10.1. The van der Waals surface area contributed by atoms with Crippen LogP contribution < -0.4 is 10.0 Å². The summed E-state index contributed by atoms with van der Waals surface area (Å²) in [5.74, 6) is 0.824. The van der Waals surface area contributed by atoms with Crippen molar-refractivity contribution in [1.82, 2.24) is 14.9 Å². The van der Waals surface area contributed by atoms with E-state index in [1.807, 2.05) is 11.9 Å². The SMILES string of the molecule is CN1CCN=C1NCCNS(=O)(=O)c1cccs1. The largest absolute Gasteiger partial charge is 0.355 e. The van der Waals surface area contributed by atoms with E-state index in [0.717, 1.165) is 19.0 Å². The van der Waals surface area contributed by atoms with Gasteiger partial charge in [-0.3, -0.25) is 4.99 Å². The first-order valence-electron chi connectivity index (χ1n) is 5.62. The fourth-order valence-corrected chi connectivity index (χ4v) is 3.64. The summed E-state index contributed by atoms with van der Waals surface area (Å²) in [6.07, 6.45) is 0. The van der Waals surface area contributed by atoms with Crippen molar-refractivity contribution in [2.45, 2.75) is 4.21 Å². The summed E-state index contributed by atoms with van der Waals surface area (Å²) in [4.78, 5) is 6.26. The third kappa shape index (κ3) is 3.21. The summed E-state index contributed by atoms with van der Waals surface area (Å²) in [5.41, 5.74) is 0. The minimum atomic E-state index is -3.35. The number of likely N-dealkylation sites (N-methyl/N-ethyl adjacent to an activating group) is 1. The second kappa shape index (κ2) is 5.68. The summed E-state index contributed by atoms with van der Waals surface area (Å²) < 4.78 is 26.5.